The van der Waals surface area contributed by atoms with E-state index in [1.165, 1.54) is 22.0 Å². The first kappa shape index (κ1) is 28.6. The van der Waals surface area contributed by atoms with Crippen molar-refractivity contribution in [2.45, 2.75) is 19.9 Å². The molecule has 0 unspecified atom stereocenters. The fourth-order valence-electron chi connectivity index (χ4n) is 5.14. The summed E-state index contributed by atoms with van der Waals surface area (Å²) in [6, 6.07) is 23.7. The Labute approximate surface area is 255 Å². The first-order chi connectivity index (χ1) is 21.2. The van der Waals surface area contributed by atoms with Gasteiger partial charge in [0.1, 0.15) is 17.3 Å². The number of benzene rings is 3. The molecule has 10 nitrogen and oxygen atoms in total. The molecule has 1 amide bonds. The minimum Gasteiger partial charge on any atom is -0.497 e. The first-order valence-electron chi connectivity index (χ1n) is 13.6. The molecule has 2 aromatic heterocycles. The summed E-state index contributed by atoms with van der Waals surface area (Å²) in [6.07, 6.45) is 1.58. The number of nitrogens with zero attached hydrogens (tertiary/aromatic N) is 3. The number of anilines is 1. The number of carbonyl (C=O) groups excluding carboxylic acids is 1. The molecule has 44 heavy (non-hydrogen) atoms. The summed E-state index contributed by atoms with van der Waals surface area (Å²) >= 11 is 1.17. The summed E-state index contributed by atoms with van der Waals surface area (Å²) in [4.78, 5) is 44.0. The van der Waals surface area contributed by atoms with Gasteiger partial charge >= 0.3 is 0 Å². The quantitative estimate of drug-likeness (QED) is 0.196. The standard InChI is InChI=1S/C33H26N4O6S/c1-19-9-15-25(26(17-19)37(40)41)27-16-14-24(43-27)18-28-32(39)36-30(21-10-12-23(42-3)13-11-21)29(20(2)34-33(36)44-28)31(38)35-22-7-5-4-6-8-22/h4-18,30H,1-3H3,(H,35,38)/b28-18+/t30-/m1/s1. The molecule has 11 heteroatoms. The van der Waals surface area contributed by atoms with Gasteiger partial charge in [0.25, 0.3) is 17.2 Å². The molecular weight excluding hydrogens is 580 g/mol. The van der Waals surface area contributed by atoms with E-state index in [0.717, 1.165) is 5.56 Å². The lowest BCUT2D eigenvalue weighted by molar-refractivity contribution is -0.384. The molecule has 0 aliphatic carbocycles. The average Bonchev–Trinajstić information content (AvgIpc) is 3.60. The van der Waals surface area contributed by atoms with Crippen LogP contribution in [0.1, 0.15) is 29.9 Å². The maximum atomic E-state index is 14.0. The van der Waals surface area contributed by atoms with Crippen molar-refractivity contribution < 1.29 is 18.9 Å². The van der Waals surface area contributed by atoms with Crippen LogP contribution in [0.2, 0.25) is 0 Å². The molecule has 0 spiro atoms. The summed E-state index contributed by atoms with van der Waals surface area (Å²) in [6.45, 7) is 3.53. The van der Waals surface area contributed by atoms with Gasteiger partial charge in [-0.05, 0) is 67.4 Å². The molecule has 1 atom stereocenters. The van der Waals surface area contributed by atoms with Crippen molar-refractivity contribution in [1.29, 1.82) is 0 Å². The zero-order chi connectivity index (χ0) is 31.0. The van der Waals surface area contributed by atoms with Crippen molar-refractivity contribution in [2.24, 2.45) is 4.99 Å². The smallest absolute Gasteiger partial charge is 0.280 e. The first-order valence-corrected chi connectivity index (χ1v) is 14.4. The normalized spacial score (nSPS) is 14.6. The Morgan fingerprint density at radius 1 is 1.07 bits per heavy atom. The van der Waals surface area contributed by atoms with Gasteiger partial charge in [0, 0.05) is 17.8 Å². The monoisotopic (exact) mass is 606 g/mol. The Morgan fingerprint density at radius 2 is 1.82 bits per heavy atom. The number of nitrogens with one attached hydrogen (secondary N) is 1. The lowest BCUT2D eigenvalue weighted by Crippen LogP contribution is -2.40. The molecule has 5 aromatic rings. The van der Waals surface area contributed by atoms with Crippen LogP contribution in [-0.4, -0.2) is 22.5 Å². The Kier molecular flexibility index (Phi) is 7.54. The highest BCUT2D eigenvalue weighted by atomic mass is 32.1. The van der Waals surface area contributed by atoms with E-state index < -0.39 is 11.0 Å². The lowest BCUT2D eigenvalue weighted by atomic mass is 9.95. The van der Waals surface area contributed by atoms with Gasteiger partial charge in [-0.1, -0.05) is 47.7 Å². The van der Waals surface area contributed by atoms with Gasteiger partial charge in [0.15, 0.2) is 4.80 Å². The fourth-order valence-corrected chi connectivity index (χ4v) is 6.17. The Morgan fingerprint density at radius 3 is 2.52 bits per heavy atom. The number of nitro benzene ring substituents is 1. The van der Waals surface area contributed by atoms with Crippen LogP contribution in [-0.2, 0) is 4.79 Å². The molecule has 1 aliphatic rings. The van der Waals surface area contributed by atoms with E-state index in [2.05, 4.69) is 10.3 Å². The van der Waals surface area contributed by atoms with Gasteiger partial charge in [-0.15, -0.1) is 0 Å². The van der Waals surface area contributed by atoms with Crippen molar-refractivity contribution in [3.63, 3.8) is 0 Å². The third kappa shape index (κ3) is 5.36. The molecule has 0 bridgehead atoms. The summed E-state index contributed by atoms with van der Waals surface area (Å²) in [5, 5.41) is 14.6. The number of para-hydroxylation sites is 1. The van der Waals surface area contributed by atoms with E-state index in [-0.39, 0.29) is 17.2 Å². The molecule has 0 saturated carbocycles. The average molecular weight is 607 g/mol. The second kappa shape index (κ2) is 11.6. The number of aryl methyl sites for hydroxylation is 1. The maximum Gasteiger partial charge on any atom is 0.280 e. The van der Waals surface area contributed by atoms with Crippen molar-refractivity contribution in [3.8, 4) is 17.1 Å². The van der Waals surface area contributed by atoms with Crippen LogP contribution in [0.3, 0.4) is 0 Å². The van der Waals surface area contributed by atoms with Gasteiger partial charge in [-0.25, -0.2) is 4.99 Å². The highest BCUT2D eigenvalue weighted by molar-refractivity contribution is 7.07. The van der Waals surface area contributed by atoms with Gasteiger partial charge in [-0.3, -0.25) is 24.3 Å². The number of thiazole rings is 1. The molecule has 3 aromatic carbocycles. The highest BCUT2D eigenvalue weighted by Gasteiger charge is 2.32. The van der Waals surface area contributed by atoms with Crippen molar-refractivity contribution >= 4 is 34.7 Å². The minimum absolute atomic E-state index is 0.0680. The molecule has 1 N–H and O–H groups in total. The van der Waals surface area contributed by atoms with E-state index >= 15 is 0 Å². The Hall–Kier alpha value is -5.55. The van der Waals surface area contributed by atoms with E-state index in [0.29, 0.717) is 54.7 Å². The van der Waals surface area contributed by atoms with Gasteiger partial charge in [0.2, 0.25) is 0 Å². The number of amides is 1. The number of ether oxygens (including phenoxy) is 1. The lowest BCUT2D eigenvalue weighted by Gasteiger charge is -2.25. The third-order valence-electron chi connectivity index (χ3n) is 7.25. The van der Waals surface area contributed by atoms with Crippen LogP contribution in [0.5, 0.6) is 5.75 Å². The topological polar surface area (TPSA) is 129 Å². The number of fused-ring (bicyclic) bond motifs is 1. The van der Waals surface area contributed by atoms with Crippen LogP contribution in [0, 0.1) is 17.0 Å². The molecular formula is C33H26N4O6S. The van der Waals surface area contributed by atoms with E-state index in [9.17, 15) is 19.7 Å². The zero-order valence-electron chi connectivity index (χ0n) is 23.9. The Balaban J connectivity index is 1.45. The van der Waals surface area contributed by atoms with E-state index in [1.54, 1.807) is 75.6 Å². The number of allylic oxidation sites excluding steroid dienone is 1. The van der Waals surface area contributed by atoms with Crippen LogP contribution in [0.25, 0.3) is 17.4 Å². The van der Waals surface area contributed by atoms with E-state index in [1.807, 2.05) is 30.3 Å². The number of rotatable bonds is 7. The maximum absolute atomic E-state index is 14.0. The van der Waals surface area contributed by atoms with Gasteiger partial charge < -0.3 is 14.5 Å². The second-order valence-electron chi connectivity index (χ2n) is 10.2. The summed E-state index contributed by atoms with van der Waals surface area (Å²) < 4.78 is 13.1. The highest BCUT2D eigenvalue weighted by Crippen LogP contribution is 2.33. The van der Waals surface area contributed by atoms with Crippen LogP contribution >= 0.6 is 11.3 Å². The molecule has 220 valence electrons. The summed E-state index contributed by atoms with van der Waals surface area (Å²) in [5.41, 5.74) is 2.82. The number of methoxy groups -OCH3 is 1. The van der Waals surface area contributed by atoms with Crippen LogP contribution in [0.4, 0.5) is 11.4 Å². The predicted molar refractivity (Wildman–Crippen MR) is 167 cm³/mol. The van der Waals surface area contributed by atoms with Crippen LogP contribution < -0.4 is 24.9 Å². The molecule has 0 radical (unpaired) electrons. The van der Waals surface area contributed by atoms with Gasteiger partial charge in [-0.2, -0.15) is 0 Å². The number of furan rings is 1. The largest absolute Gasteiger partial charge is 0.497 e. The molecule has 1 aliphatic heterocycles. The Bertz CT molecular complexity index is 2130. The molecule has 3 heterocycles. The minimum atomic E-state index is -0.759. The number of carbonyl (C=O) groups is 1. The van der Waals surface area contributed by atoms with Gasteiger partial charge in [0.05, 0.1) is 39.4 Å². The van der Waals surface area contributed by atoms with E-state index in [4.69, 9.17) is 9.15 Å². The molecule has 6 rings (SSSR count). The number of hydrogen-bond donors (Lipinski definition) is 1. The van der Waals surface area contributed by atoms with Crippen molar-refractivity contribution in [3.05, 3.63) is 143 Å². The SMILES string of the molecule is COc1ccc([C@@H]2C(C(=O)Nc3ccccc3)=C(C)N=c3s/c(=C/c4ccc(-c5ccc(C)cc5[N+](=O)[O-])o4)c(=O)n32)cc1. The van der Waals surface area contributed by atoms with Crippen molar-refractivity contribution in [2.75, 3.05) is 12.4 Å². The van der Waals surface area contributed by atoms with Crippen molar-refractivity contribution in [1.82, 2.24) is 4.57 Å². The zero-order valence-corrected chi connectivity index (χ0v) is 24.8. The second-order valence-corrected chi connectivity index (χ2v) is 11.2. The summed E-state index contributed by atoms with van der Waals surface area (Å²) in [7, 11) is 1.57. The fraction of sp³-hybridized carbons (Fsp3) is 0.121. The molecule has 0 fully saturated rings. The number of hydrogen-bond acceptors (Lipinski definition) is 8. The number of aromatic nitrogens is 1. The number of nitro groups is 1. The predicted octanol–water partition coefficient (Wildman–Crippen LogP) is 5.36. The molecule has 0 saturated heterocycles. The summed E-state index contributed by atoms with van der Waals surface area (Å²) in [5.74, 6) is 0.920. The third-order valence-corrected chi connectivity index (χ3v) is 8.23. The van der Waals surface area contributed by atoms with Crippen LogP contribution in [0.15, 0.2) is 110 Å².